The number of nitrogens with zero attached hydrogens (tertiary/aromatic N) is 4. The van der Waals surface area contributed by atoms with E-state index in [0.717, 1.165) is 89.6 Å². The molecule has 2 aromatic heterocycles. The molecule has 0 aliphatic carbocycles. The van der Waals surface area contributed by atoms with E-state index in [1.807, 2.05) is 44.2 Å². The average molecular weight is 551 g/mol. The average Bonchev–Trinajstić information content (AvgIpc) is 3.63. The van der Waals surface area contributed by atoms with Crippen molar-refractivity contribution in [3.8, 4) is 28.5 Å². The van der Waals surface area contributed by atoms with Crippen LogP contribution in [-0.4, -0.2) is 70.5 Å². The third-order valence-electron chi connectivity index (χ3n) is 8.19. The predicted molar refractivity (Wildman–Crippen MR) is 166 cm³/mol. The van der Waals surface area contributed by atoms with Gasteiger partial charge in [-0.1, -0.05) is 26.0 Å². The van der Waals surface area contributed by atoms with E-state index in [1.54, 1.807) is 0 Å². The van der Waals surface area contributed by atoms with E-state index < -0.39 is 0 Å². The monoisotopic (exact) mass is 550 g/mol. The zero-order valence-electron chi connectivity index (χ0n) is 24.1. The molecular formula is C33H38N6O2. The molecule has 0 spiro atoms. The molecule has 8 nitrogen and oxygen atoms in total. The Labute approximate surface area is 240 Å². The summed E-state index contributed by atoms with van der Waals surface area (Å²) in [6.45, 7) is 8.79. The van der Waals surface area contributed by atoms with Crippen LogP contribution in [0.25, 0.3) is 44.8 Å². The molecule has 1 aliphatic heterocycles. The standard InChI is InChI=1S/C33H38N6O2/c1-4-22(2)31(40)9-6-18-41-26-8-5-7-23(19-26)32-34-27-12-10-24(20-29(27)36-32)33-35-28-13-11-25(21-30(28)37-33)39-16-14-38(3)15-17-39/h5,7-8,10-13,19-22H,4,6,9,14-18H2,1-3H3,(H,34,36)(H,35,37). The first kappa shape index (κ1) is 27.0. The Morgan fingerprint density at radius 2 is 1.59 bits per heavy atom. The molecule has 0 radical (unpaired) electrons. The van der Waals surface area contributed by atoms with Gasteiger partial charge in [-0.3, -0.25) is 4.79 Å². The van der Waals surface area contributed by atoms with Gasteiger partial charge in [0.2, 0.25) is 0 Å². The lowest BCUT2D eigenvalue weighted by Crippen LogP contribution is -2.44. The van der Waals surface area contributed by atoms with Crippen molar-refractivity contribution in [2.45, 2.75) is 33.1 Å². The van der Waals surface area contributed by atoms with E-state index >= 15 is 0 Å². The van der Waals surface area contributed by atoms with Crippen LogP contribution in [0, 0.1) is 5.92 Å². The summed E-state index contributed by atoms with van der Waals surface area (Å²) < 4.78 is 5.95. The van der Waals surface area contributed by atoms with Crippen LogP contribution in [0.3, 0.4) is 0 Å². The maximum absolute atomic E-state index is 12.1. The first-order valence-electron chi connectivity index (χ1n) is 14.7. The van der Waals surface area contributed by atoms with Gasteiger partial charge in [-0.05, 0) is 68.4 Å². The van der Waals surface area contributed by atoms with Crippen LogP contribution in [0.2, 0.25) is 0 Å². The number of fused-ring (bicyclic) bond motifs is 2. The summed E-state index contributed by atoms with van der Waals surface area (Å²) in [5, 5.41) is 0. The van der Waals surface area contributed by atoms with Crippen LogP contribution in [0.1, 0.15) is 33.1 Å². The van der Waals surface area contributed by atoms with Gasteiger partial charge in [0, 0.05) is 55.3 Å². The van der Waals surface area contributed by atoms with Crippen molar-refractivity contribution in [3.63, 3.8) is 0 Å². The number of likely N-dealkylation sites (N-methyl/N-ethyl adjacent to an activating group) is 1. The number of piperazine rings is 1. The Hall–Kier alpha value is -4.17. The Bertz CT molecular complexity index is 1660. The SMILES string of the molecule is CCC(C)C(=O)CCCOc1cccc(-c2nc3ccc(-c4nc5ccc(N6CCN(C)CC6)cc5[nH]4)cc3[nH]2)c1. The molecule has 1 unspecified atom stereocenters. The molecule has 8 heteroatoms. The van der Waals surface area contributed by atoms with Gasteiger partial charge in [0.1, 0.15) is 23.2 Å². The van der Waals surface area contributed by atoms with Crippen molar-refractivity contribution >= 4 is 33.5 Å². The van der Waals surface area contributed by atoms with Crippen molar-refractivity contribution in [3.05, 3.63) is 60.7 Å². The van der Waals surface area contributed by atoms with E-state index in [-0.39, 0.29) is 5.92 Å². The van der Waals surface area contributed by atoms with Gasteiger partial charge in [0.15, 0.2) is 0 Å². The van der Waals surface area contributed by atoms with Gasteiger partial charge in [0.25, 0.3) is 0 Å². The second kappa shape index (κ2) is 11.7. The van der Waals surface area contributed by atoms with Crippen molar-refractivity contribution in [1.82, 2.24) is 24.8 Å². The normalized spacial score (nSPS) is 15.0. The van der Waals surface area contributed by atoms with Crippen LogP contribution in [0.15, 0.2) is 60.7 Å². The lowest BCUT2D eigenvalue weighted by molar-refractivity contribution is -0.122. The number of H-pyrrole nitrogens is 2. The number of rotatable bonds is 10. The third kappa shape index (κ3) is 5.98. The summed E-state index contributed by atoms with van der Waals surface area (Å²) >= 11 is 0. The van der Waals surface area contributed by atoms with Crippen molar-refractivity contribution in [2.24, 2.45) is 5.92 Å². The second-order valence-electron chi connectivity index (χ2n) is 11.1. The van der Waals surface area contributed by atoms with Crippen LogP contribution in [0.4, 0.5) is 5.69 Å². The summed E-state index contributed by atoms with van der Waals surface area (Å²) in [7, 11) is 2.18. The number of nitrogens with one attached hydrogen (secondary N) is 2. The summed E-state index contributed by atoms with van der Waals surface area (Å²) in [5.41, 5.74) is 7.05. The van der Waals surface area contributed by atoms with Crippen molar-refractivity contribution in [2.75, 3.05) is 44.7 Å². The van der Waals surface area contributed by atoms with E-state index in [0.29, 0.717) is 18.8 Å². The smallest absolute Gasteiger partial charge is 0.138 e. The molecule has 5 aromatic rings. The summed E-state index contributed by atoms with van der Waals surface area (Å²) in [6.07, 6.45) is 2.17. The summed E-state index contributed by atoms with van der Waals surface area (Å²) in [4.78, 5) is 33.6. The molecule has 0 bridgehead atoms. The first-order chi connectivity index (χ1) is 20.0. The number of Topliss-reactive ketones (excluding diaryl/α,β-unsaturated/α-hetero) is 1. The summed E-state index contributed by atoms with van der Waals surface area (Å²) in [6, 6.07) is 20.6. The molecule has 3 heterocycles. The van der Waals surface area contributed by atoms with Gasteiger partial charge >= 0.3 is 0 Å². The highest BCUT2D eigenvalue weighted by molar-refractivity contribution is 5.87. The molecule has 6 rings (SSSR count). The molecule has 1 atom stereocenters. The Balaban J connectivity index is 1.16. The minimum atomic E-state index is 0.124. The molecule has 212 valence electrons. The maximum Gasteiger partial charge on any atom is 0.138 e. The lowest BCUT2D eigenvalue weighted by Gasteiger charge is -2.34. The van der Waals surface area contributed by atoms with Crippen LogP contribution < -0.4 is 9.64 Å². The zero-order chi connectivity index (χ0) is 28.3. The number of aromatic amines is 2. The molecule has 1 aliphatic rings. The minimum Gasteiger partial charge on any atom is -0.494 e. The highest BCUT2D eigenvalue weighted by Crippen LogP contribution is 2.29. The largest absolute Gasteiger partial charge is 0.494 e. The Kier molecular flexibility index (Phi) is 7.74. The fourth-order valence-electron chi connectivity index (χ4n) is 5.33. The lowest BCUT2D eigenvalue weighted by atomic mass is 10.0. The van der Waals surface area contributed by atoms with E-state index in [2.05, 4.69) is 57.1 Å². The molecule has 3 aromatic carbocycles. The highest BCUT2D eigenvalue weighted by Gasteiger charge is 2.16. The second-order valence-corrected chi connectivity index (χ2v) is 11.1. The van der Waals surface area contributed by atoms with E-state index in [4.69, 9.17) is 14.7 Å². The van der Waals surface area contributed by atoms with Gasteiger partial charge in [-0.2, -0.15) is 0 Å². The number of ketones is 1. The first-order valence-corrected chi connectivity index (χ1v) is 14.7. The Morgan fingerprint density at radius 3 is 2.32 bits per heavy atom. The quantitative estimate of drug-likeness (QED) is 0.198. The van der Waals surface area contributed by atoms with Crippen molar-refractivity contribution < 1.29 is 9.53 Å². The fourth-order valence-corrected chi connectivity index (χ4v) is 5.33. The number of hydrogen-bond acceptors (Lipinski definition) is 6. The number of anilines is 1. The van der Waals surface area contributed by atoms with Crippen molar-refractivity contribution in [1.29, 1.82) is 0 Å². The third-order valence-corrected chi connectivity index (χ3v) is 8.19. The molecule has 0 saturated carbocycles. The zero-order valence-corrected chi connectivity index (χ0v) is 24.1. The van der Waals surface area contributed by atoms with Crippen LogP contribution in [0.5, 0.6) is 5.75 Å². The molecule has 2 N–H and O–H groups in total. The maximum atomic E-state index is 12.1. The summed E-state index contributed by atoms with van der Waals surface area (Å²) in [5.74, 6) is 2.84. The van der Waals surface area contributed by atoms with Gasteiger partial charge in [-0.15, -0.1) is 0 Å². The number of imidazole rings is 2. The number of ether oxygens (including phenoxy) is 1. The molecular weight excluding hydrogens is 512 g/mol. The van der Waals surface area contributed by atoms with E-state index in [9.17, 15) is 4.79 Å². The highest BCUT2D eigenvalue weighted by atomic mass is 16.5. The topological polar surface area (TPSA) is 90.1 Å². The number of carbonyl (C=O) groups is 1. The molecule has 1 saturated heterocycles. The molecule has 1 fully saturated rings. The number of benzene rings is 3. The molecule has 41 heavy (non-hydrogen) atoms. The van der Waals surface area contributed by atoms with Gasteiger partial charge < -0.3 is 24.5 Å². The van der Waals surface area contributed by atoms with E-state index in [1.165, 1.54) is 5.69 Å². The number of aromatic nitrogens is 4. The Morgan fingerprint density at radius 1 is 0.902 bits per heavy atom. The predicted octanol–water partition coefficient (Wildman–Crippen LogP) is 6.30. The number of hydrogen-bond donors (Lipinski definition) is 2. The number of carbonyl (C=O) groups excluding carboxylic acids is 1. The van der Waals surface area contributed by atoms with Gasteiger partial charge in [-0.25, -0.2) is 9.97 Å². The fraction of sp³-hybridized carbons (Fsp3) is 0.364. The van der Waals surface area contributed by atoms with Crippen LogP contribution in [-0.2, 0) is 4.79 Å². The molecule has 0 amide bonds. The minimum absolute atomic E-state index is 0.124. The van der Waals surface area contributed by atoms with Crippen LogP contribution >= 0.6 is 0 Å². The van der Waals surface area contributed by atoms with Gasteiger partial charge in [0.05, 0.1) is 28.7 Å².